The van der Waals surface area contributed by atoms with Gasteiger partial charge in [0.1, 0.15) is 12.0 Å². The number of aryl methyl sites for hydroxylation is 3. The van der Waals surface area contributed by atoms with Crippen LogP contribution in [0.1, 0.15) is 23.5 Å². The second-order valence-corrected chi connectivity index (χ2v) is 9.08. The van der Waals surface area contributed by atoms with Crippen LogP contribution in [-0.2, 0) is 22.3 Å². The minimum Gasteiger partial charge on any atom is -0.364 e. The van der Waals surface area contributed by atoms with E-state index in [2.05, 4.69) is 38.5 Å². The van der Waals surface area contributed by atoms with Crippen LogP contribution in [0.4, 0.5) is 0 Å². The molecule has 10 nitrogen and oxygen atoms in total. The predicted molar refractivity (Wildman–Crippen MR) is 110 cm³/mol. The molecule has 11 heteroatoms. The van der Waals surface area contributed by atoms with Crippen LogP contribution in [0.3, 0.4) is 0 Å². The molecular formula is C18H29N7O3S. The van der Waals surface area contributed by atoms with Gasteiger partial charge in [0.05, 0.1) is 11.4 Å². The largest absolute Gasteiger partial charge is 0.364 e. The number of aliphatic imine (C=N–C) groups is 1. The van der Waals surface area contributed by atoms with Crippen LogP contribution in [-0.4, -0.2) is 78.3 Å². The van der Waals surface area contributed by atoms with E-state index in [1.165, 1.54) is 10.6 Å². The zero-order valence-corrected chi connectivity index (χ0v) is 18.0. The quantitative estimate of drug-likeness (QED) is 0.395. The molecule has 0 bridgehead atoms. The summed E-state index contributed by atoms with van der Waals surface area (Å²) in [5.41, 5.74) is 2.62. The number of hydrogen-bond acceptors (Lipinski definition) is 6. The molecule has 1 fully saturated rings. The van der Waals surface area contributed by atoms with Gasteiger partial charge in [0.15, 0.2) is 5.96 Å². The lowest BCUT2D eigenvalue weighted by molar-refractivity contribution is 0.259. The van der Waals surface area contributed by atoms with Gasteiger partial charge in [-0.05, 0) is 26.3 Å². The first-order valence-electron chi connectivity index (χ1n) is 9.73. The van der Waals surface area contributed by atoms with Gasteiger partial charge in [-0.2, -0.15) is 9.40 Å². The Balaban J connectivity index is 1.44. The minimum absolute atomic E-state index is 0.136. The smallest absolute Gasteiger partial charge is 0.220 e. The van der Waals surface area contributed by atoms with E-state index in [9.17, 15) is 8.42 Å². The number of hydrogen-bond donors (Lipinski definition) is 1. The maximum Gasteiger partial charge on any atom is 0.220 e. The van der Waals surface area contributed by atoms with Crippen LogP contribution in [0.5, 0.6) is 0 Å². The summed E-state index contributed by atoms with van der Waals surface area (Å²) in [5.74, 6) is 0.662. The van der Waals surface area contributed by atoms with Gasteiger partial charge in [0, 0.05) is 58.1 Å². The number of sulfonamides is 1. The summed E-state index contributed by atoms with van der Waals surface area (Å²) in [6.07, 6.45) is 2.31. The molecule has 2 aromatic heterocycles. The molecule has 0 spiro atoms. The van der Waals surface area contributed by atoms with Crippen molar-refractivity contribution < 1.29 is 12.9 Å². The first kappa shape index (κ1) is 21.3. The van der Waals surface area contributed by atoms with E-state index in [0.29, 0.717) is 31.9 Å². The van der Waals surface area contributed by atoms with Crippen molar-refractivity contribution in [3.8, 4) is 0 Å². The van der Waals surface area contributed by atoms with Gasteiger partial charge in [0.25, 0.3) is 0 Å². The molecule has 29 heavy (non-hydrogen) atoms. The van der Waals surface area contributed by atoms with E-state index in [-0.39, 0.29) is 5.75 Å². The van der Waals surface area contributed by atoms with E-state index >= 15 is 0 Å². The first-order chi connectivity index (χ1) is 13.9. The molecule has 1 N–H and O–H groups in total. The van der Waals surface area contributed by atoms with E-state index in [0.717, 1.165) is 36.9 Å². The molecule has 0 amide bonds. The lowest BCUT2D eigenvalue weighted by atomic mass is 10.3. The van der Waals surface area contributed by atoms with Gasteiger partial charge in [-0.3, -0.25) is 9.67 Å². The number of nitrogens with one attached hydrogen (secondary N) is 1. The third kappa shape index (κ3) is 5.57. The Bertz CT molecular complexity index is 913. The van der Waals surface area contributed by atoms with Crippen LogP contribution in [0, 0.1) is 13.8 Å². The Morgan fingerprint density at radius 1 is 1.28 bits per heavy atom. The Hall–Kier alpha value is -2.40. The molecule has 1 aliphatic heterocycles. The average Bonchev–Trinajstić information content (AvgIpc) is 3.30. The normalized spacial score (nSPS) is 16.4. The van der Waals surface area contributed by atoms with Crippen LogP contribution < -0.4 is 5.32 Å². The highest BCUT2D eigenvalue weighted by atomic mass is 32.2. The maximum absolute atomic E-state index is 12.5. The Kier molecular flexibility index (Phi) is 6.91. The summed E-state index contributed by atoms with van der Waals surface area (Å²) < 4.78 is 33.3. The molecule has 1 saturated heterocycles. The number of aromatic nitrogens is 3. The van der Waals surface area contributed by atoms with Crippen LogP contribution in [0.2, 0.25) is 0 Å². The SMILES string of the molecule is CN=C(NCCCn1nc(C)cc1C)N1CCN(S(=O)(=O)Cc2ccon2)CC1. The van der Waals surface area contributed by atoms with Crippen LogP contribution >= 0.6 is 0 Å². The van der Waals surface area contributed by atoms with Gasteiger partial charge in [0.2, 0.25) is 10.0 Å². The van der Waals surface area contributed by atoms with E-state index in [4.69, 9.17) is 4.52 Å². The van der Waals surface area contributed by atoms with Crippen LogP contribution in [0.15, 0.2) is 27.9 Å². The van der Waals surface area contributed by atoms with Gasteiger partial charge >= 0.3 is 0 Å². The highest BCUT2D eigenvalue weighted by Crippen LogP contribution is 2.13. The van der Waals surface area contributed by atoms with Crippen molar-refractivity contribution in [3.63, 3.8) is 0 Å². The molecule has 2 aromatic rings. The van der Waals surface area contributed by atoms with E-state index < -0.39 is 10.0 Å². The summed E-state index contributed by atoms with van der Waals surface area (Å²) in [6, 6.07) is 3.65. The Morgan fingerprint density at radius 3 is 2.62 bits per heavy atom. The monoisotopic (exact) mass is 423 g/mol. The van der Waals surface area contributed by atoms with Gasteiger partial charge < -0.3 is 14.7 Å². The standard InChI is InChI=1S/C18H29N7O3S/c1-15-13-16(2)25(21-15)7-4-6-20-18(19-3)23-8-10-24(11-9-23)29(26,27)14-17-5-12-28-22-17/h5,12-13H,4,6-11,14H2,1-3H3,(H,19,20). The molecule has 0 aliphatic carbocycles. The van der Waals surface area contributed by atoms with Gasteiger partial charge in [-0.1, -0.05) is 5.16 Å². The fourth-order valence-electron chi connectivity index (χ4n) is 3.43. The fourth-order valence-corrected chi connectivity index (χ4v) is 4.86. The van der Waals surface area contributed by atoms with Crippen molar-refractivity contribution in [1.82, 2.24) is 29.5 Å². The molecule has 0 radical (unpaired) electrons. The topological polar surface area (TPSA) is 109 Å². The van der Waals surface area contributed by atoms with Crippen molar-refractivity contribution in [1.29, 1.82) is 0 Å². The average molecular weight is 424 g/mol. The lowest BCUT2D eigenvalue weighted by Gasteiger charge is -2.35. The fraction of sp³-hybridized carbons (Fsp3) is 0.611. The summed E-state index contributed by atoms with van der Waals surface area (Å²) in [6.45, 7) is 7.70. The Labute approximate surface area is 171 Å². The zero-order chi connectivity index (χ0) is 20.9. The van der Waals surface area contributed by atoms with Crippen molar-refractivity contribution in [2.45, 2.75) is 32.6 Å². The number of piperazine rings is 1. The molecule has 3 rings (SSSR count). The summed E-state index contributed by atoms with van der Waals surface area (Å²) in [7, 11) is -1.65. The zero-order valence-electron chi connectivity index (χ0n) is 17.2. The molecule has 0 unspecified atom stereocenters. The number of guanidine groups is 1. The van der Waals surface area contributed by atoms with E-state index in [1.807, 2.05) is 11.6 Å². The van der Waals surface area contributed by atoms with Gasteiger partial charge in [-0.25, -0.2) is 8.42 Å². The van der Waals surface area contributed by atoms with Gasteiger partial charge in [-0.15, -0.1) is 0 Å². The summed E-state index contributed by atoms with van der Waals surface area (Å²) in [5, 5.41) is 11.5. The second kappa shape index (κ2) is 9.40. The molecular weight excluding hydrogens is 394 g/mol. The second-order valence-electron chi connectivity index (χ2n) is 7.11. The number of nitrogens with zero attached hydrogens (tertiary/aromatic N) is 6. The van der Waals surface area contributed by atoms with Crippen molar-refractivity contribution >= 4 is 16.0 Å². The predicted octanol–water partition coefficient (Wildman–Crippen LogP) is 0.601. The number of rotatable bonds is 7. The third-order valence-corrected chi connectivity index (χ3v) is 6.71. The molecule has 160 valence electrons. The summed E-state index contributed by atoms with van der Waals surface area (Å²) >= 11 is 0. The minimum atomic E-state index is -3.40. The van der Waals surface area contributed by atoms with Crippen LogP contribution in [0.25, 0.3) is 0 Å². The summed E-state index contributed by atoms with van der Waals surface area (Å²) in [4.78, 5) is 6.43. The van der Waals surface area contributed by atoms with Crippen molar-refractivity contribution in [2.75, 3.05) is 39.8 Å². The maximum atomic E-state index is 12.5. The first-order valence-corrected chi connectivity index (χ1v) is 11.3. The molecule has 0 saturated carbocycles. The van der Waals surface area contributed by atoms with Crippen molar-refractivity contribution in [2.24, 2.45) is 4.99 Å². The highest BCUT2D eigenvalue weighted by Gasteiger charge is 2.28. The molecule has 1 aliphatic rings. The lowest BCUT2D eigenvalue weighted by Crippen LogP contribution is -2.54. The molecule has 3 heterocycles. The molecule has 0 atom stereocenters. The third-order valence-electron chi connectivity index (χ3n) is 4.90. The van der Waals surface area contributed by atoms with Crippen molar-refractivity contribution in [3.05, 3.63) is 35.5 Å². The Morgan fingerprint density at radius 2 is 2.03 bits per heavy atom. The molecule has 0 aromatic carbocycles. The highest BCUT2D eigenvalue weighted by molar-refractivity contribution is 7.88. The van der Waals surface area contributed by atoms with E-state index in [1.54, 1.807) is 13.1 Å².